The van der Waals surface area contributed by atoms with E-state index in [9.17, 15) is 0 Å². The summed E-state index contributed by atoms with van der Waals surface area (Å²) >= 11 is 0. The first-order valence-corrected chi connectivity index (χ1v) is 6.35. The molecule has 0 saturated heterocycles. The molecule has 1 heterocycles. The van der Waals surface area contributed by atoms with Crippen molar-refractivity contribution in [2.75, 3.05) is 14.2 Å². The number of terminal acetylenes is 1. The van der Waals surface area contributed by atoms with Crippen LogP contribution in [0.5, 0.6) is 0 Å². The van der Waals surface area contributed by atoms with E-state index in [-0.39, 0.29) is 12.0 Å². The number of hydrogen-bond donors (Lipinski definition) is 0. The van der Waals surface area contributed by atoms with Crippen molar-refractivity contribution in [1.29, 1.82) is 0 Å². The molecule has 0 radical (unpaired) electrons. The van der Waals surface area contributed by atoms with E-state index in [0.29, 0.717) is 24.6 Å². The van der Waals surface area contributed by atoms with Gasteiger partial charge < -0.3 is 9.47 Å². The molecule has 0 amide bonds. The highest BCUT2D eigenvalue weighted by Crippen LogP contribution is 2.30. The summed E-state index contributed by atoms with van der Waals surface area (Å²) in [7, 11) is 3.20. The molecule has 104 valence electrons. The maximum Gasteiger partial charge on any atom is 0.214 e. The number of methoxy groups -OCH3 is 2. The molecule has 2 unspecified atom stereocenters. The van der Waals surface area contributed by atoms with E-state index in [1.165, 1.54) is 0 Å². The molecular weight excluding hydrogens is 240 g/mol. The van der Waals surface area contributed by atoms with Crippen LogP contribution >= 0.6 is 0 Å². The SMILES string of the molecule is C#CCC1(CC=C)N=C(OC)C(C(C)C)N=C1OC. The van der Waals surface area contributed by atoms with Gasteiger partial charge in [-0.15, -0.1) is 18.9 Å². The smallest absolute Gasteiger partial charge is 0.214 e. The van der Waals surface area contributed by atoms with E-state index in [2.05, 4.69) is 31.3 Å². The van der Waals surface area contributed by atoms with Crippen molar-refractivity contribution in [2.45, 2.75) is 38.3 Å². The Morgan fingerprint density at radius 1 is 1.47 bits per heavy atom. The van der Waals surface area contributed by atoms with Crippen LogP contribution in [0.25, 0.3) is 0 Å². The molecule has 1 aliphatic rings. The minimum absolute atomic E-state index is 0.129. The lowest BCUT2D eigenvalue weighted by Crippen LogP contribution is -2.46. The first kappa shape index (κ1) is 15.3. The van der Waals surface area contributed by atoms with Gasteiger partial charge in [0.15, 0.2) is 5.54 Å². The van der Waals surface area contributed by atoms with Crippen LogP contribution < -0.4 is 0 Å². The van der Waals surface area contributed by atoms with Crippen LogP contribution in [0.15, 0.2) is 22.6 Å². The van der Waals surface area contributed by atoms with Crippen LogP contribution in [0.2, 0.25) is 0 Å². The van der Waals surface area contributed by atoms with Crippen molar-refractivity contribution >= 4 is 11.8 Å². The maximum atomic E-state index is 5.47. The Labute approximate surface area is 115 Å². The van der Waals surface area contributed by atoms with Gasteiger partial charge in [0, 0.05) is 12.8 Å². The Balaban J connectivity index is 3.30. The fourth-order valence-corrected chi connectivity index (χ4v) is 2.20. The Bertz CT molecular complexity index is 432. The monoisotopic (exact) mass is 262 g/mol. The van der Waals surface area contributed by atoms with Gasteiger partial charge in [0.2, 0.25) is 11.8 Å². The predicted octanol–water partition coefficient (Wildman–Crippen LogP) is 2.45. The topological polar surface area (TPSA) is 43.2 Å². The molecule has 1 aliphatic heterocycles. The molecule has 4 nitrogen and oxygen atoms in total. The first-order chi connectivity index (χ1) is 9.04. The molecule has 0 spiro atoms. The standard InChI is InChI=1S/C15H22N2O2/c1-7-9-15(10-8-2)14(19-6)16-12(11(3)4)13(17-15)18-5/h1,8,11-12H,2,9-10H2,3-6H3. The third-order valence-electron chi connectivity index (χ3n) is 3.14. The number of ether oxygens (including phenoxy) is 2. The van der Waals surface area contributed by atoms with Crippen LogP contribution in [0, 0.1) is 18.3 Å². The van der Waals surface area contributed by atoms with Gasteiger partial charge in [0.05, 0.1) is 14.2 Å². The largest absolute Gasteiger partial charge is 0.483 e. The summed E-state index contributed by atoms with van der Waals surface area (Å²) in [6, 6.07) is -0.129. The second-order valence-corrected chi connectivity index (χ2v) is 4.89. The second kappa shape index (κ2) is 6.42. The maximum absolute atomic E-state index is 5.47. The Kier molecular flexibility index (Phi) is 5.17. The molecule has 0 aromatic heterocycles. The lowest BCUT2D eigenvalue weighted by Gasteiger charge is -2.34. The first-order valence-electron chi connectivity index (χ1n) is 6.35. The van der Waals surface area contributed by atoms with Crippen LogP contribution in [0.1, 0.15) is 26.7 Å². The zero-order valence-electron chi connectivity index (χ0n) is 12.1. The summed E-state index contributed by atoms with van der Waals surface area (Å²) < 4.78 is 10.8. The zero-order chi connectivity index (χ0) is 14.5. The molecule has 2 atom stereocenters. The quantitative estimate of drug-likeness (QED) is 0.577. The Hall–Kier alpha value is -1.76. The minimum Gasteiger partial charge on any atom is -0.483 e. The van der Waals surface area contributed by atoms with Gasteiger partial charge in [-0.1, -0.05) is 19.9 Å². The summed E-state index contributed by atoms with van der Waals surface area (Å²) in [5.41, 5.74) is -0.679. The van der Waals surface area contributed by atoms with E-state index in [0.717, 1.165) is 0 Å². The summed E-state index contributed by atoms with van der Waals surface area (Å²) in [4.78, 5) is 9.33. The second-order valence-electron chi connectivity index (χ2n) is 4.89. The summed E-state index contributed by atoms with van der Waals surface area (Å²) in [5, 5.41) is 0. The number of rotatable bonds is 4. The van der Waals surface area contributed by atoms with Crippen molar-refractivity contribution in [3.05, 3.63) is 12.7 Å². The summed E-state index contributed by atoms with van der Waals surface area (Å²) in [6.45, 7) is 7.90. The van der Waals surface area contributed by atoms with Crippen molar-refractivity contribution in [1.82, 2.24) is 0 Å². The highest BCUT2D eigenvalue weighted by Gasteiger charge is 2.42. The van der Waals surface area contributed by atoms with Gasteiger partial charge in [-0.25, -0.2) is 9.98 Å². The van der Waals surface area contributed by atoms with Crippen molar-refractivity contribution in [3.8, 4) is 12.3 Å². The van der Waals surface area contributed by atoms with E-state index in [4.69, 9.17) is 20.9 Å². The summed E-state index contributed by atoms with van der Waals surface area (Å²) in [5.74, 6) is 4.08. The van der Waals surface area contributed by atoms with E-state index in [1.54, 1.807) is 20.3 Å². The van der Waals surface area contributed by atoms with Gasteiger partial charge in [0.1, 0.15) is 6.04 Å². The number of aliphatic imine (C=N–C) groups is 2. The highest BCUT2D eigenvalue weighted by molar-refractivity contribution is 5.97. The lowest BCUT2D eigenvalue weighted by molar-refractivity contribution is 0.305. The van der Waals surface area contributed by atoms with Crippen LogP contribution in [-0.2, 0) is 9.47 Å². The number of hydrogen-bond acceptors (Lipinski definition) is 4. The van der Waals surface area contributed by atoms with Gasteiger partial charge >= 0.3 is 0 Å². The molecular formula is C15H22N2O2. The normalized spacial score (nSPS) is 26.2. The molecule has 4 heteroatoms. The van der Waals surface area contributed by atoms with E-state index in [1.807, 2.05) is 0 Å². The zero-order valence-corrected chi connectivity index (χ0v) is 12.1. The molecule has 0 fully saturated rings. The summed E-state index contributed by atoms with van der Waals surface area (Å²) in [6.07, 6.45) is 8.22. The van der Waals surface area contributed by atoms with Crippen LogP contribution in [-0.4, -0.2) is 37.6 Å². The predicted molar refractivity (Wildman–Crippen MR) is 78.5 cm³/mol. The molecule has 0 saturated carbocycles. The average molecular weight is 262 g/mol. The fraction of sp³-hybridized carbons (Fsp3) is 0.600. The van der Waals surface area contributed by atoms with Crippen LogP contribution in [0.3, 0.4) is 0 Å². The van der Waals surface area contributed by atoms with E-state index >= 15 is 0 Å². The number of nitrogens with zero attached hydrogens (tertiary/aromatic N) is 2. The van der Waals surface area contributed by atoms with Crippen LogP contribution in [0.4, 0.5) is 0 Å². The highest BCUT2D eigenvalue weighted by atomic mass is 16.5. The third-order valence-corrected chi connectivity index (χ3v) is 3.14. The third kappa shape index (κ3) is 2.98. The lowest BCUT2D eigenvalue weighted by atomic mass is 9.89. The molecule has 0 N–H and O–H groups in total. The minimum atomic E-state index is -0.679. The molecule has 1 rings (SSSR count). The van der Waals surface area contributed by atoms with Gasteiger partial charge in [0.25, 0.3) is 0 Å². The molecule has 0 aromatic rings. The molecule has 0 aliphatic carbocycles. The van der Waals surface area contributed by atoms with Gasteiger partial charge in [-0.05, 0) is 5.92 Å². The Morgan fingerprint density at radius 2 is 2.16 bits per heavy atom. The van der Waals surface area contributed by atoms with Crippen molar-refractivity contribution in [3.63, 3.8) is 0 Å². The molecule has 0 bridgehead atoms. The van der Waals surface area contributed by atoms with Gasteiger partial charge in [-0.3, -0.25) is 0 Å². The Morgan fingerprint density at radius 3 is 2.58 bits per heavy atom. The van der Waals surface area contributed by atoms with E-state index < -0.39 is 5.54 Å². The average Bonchev–Trinajstić information content (AvgIpc) is 2.38. The van der Waals surface area contributed by atoms with Gasteiger partial charge in [-0.2, -0.15) is 0 Å². The van der Waals surface area contributed by atoms with Crippen molar-refractivity contribution < 1.29 is 9.47 Å². The molecule has 0 aromatic carbocycles. The fourth-order valence-electron chi connectivity index (χ4n) is 2.20. The van der Waals surface area contributed by atoms with Crippen molar-refractivity contribution in [2.24, 2.45) is 15.9 Å². The molecule has 19 heavy (non-hydrogen) atoms.